The lowest BCUT2D eigenvalue weighted by Gasteiger charge is -2.17. The zero-order valence-electron chi connectivity index (χ0n) is 13.6. The maximum atomic E-state index is 12.5. The average Bonchev–Trinajstić information content (AvgIpc) is 3.24. The van der Waals surface area contributed by atoms with E-state index < -0.39 is 0 Å². The highest BCUT2D eigenvalue weighted by Gasteiger charge is 2.59. The Hall–Kier alpha value is -2.43. The number of carbonyl (C=O) groups excluding carboxylic acids is 3. The minimum atomic E-state index is -0.291. The molecule has 2 aliphatic carbocycles. The first-order valence-electron chi connectivity index (χ1n) is 8.41. The second-order valence-electron chi connectivity index (χ2n) is 6.97. The first kappa shape index (κ1) is 15.1. The molecule has 2 fully saturated rings. The molecule has 4 unspecified atom stereocenters. The molecule has 1 N–H and O–H groups in total. The van der Waals surface area contributed by atoms with Gasteiger partial charge in [0.25, 0.3) is 0 Å². The summed E-state index contributed by atoms with van der Waals surface area (Å²) in [6, 6.07) is 7.81. The van der Waals surface area contributed by atoms with E-state index in [2.05, 4.69) is 17.5 Å². The summed E-state index contributed by atoms with van der Waals surface area (Å²) in [6.07, 6.45) is 5.01. The van der Waals surface area contributed by atoms with Gasteiger partial charge in [-0.25, -0.2) is 0 Å². The Kier molecular flexibility index (Phi) is 3.52. The highest BCUT2D eigenvalue weighted by atomic mass is 16.2. The summed E-state index contributed by atoms with van der Waals surface area (Å²) in [5, 5.41) is 2.81. The van der Waals surface area contributed by atoms with Gasteiger partial charge >= 0.3 is 0 Å². The van der Waals surface area contributed by atoms with Crippen molar-refractivity contribution in [2.45, 2.75) is 19.9 Å². The number of likely N-dealkylation sites (tertiary alicyclic amines) is 1. The number of imide groups is 1. The van der Waals surface area contributed by atoms with Crippen molar-refractivity contribution < 1.29 is 14.4 Å². The topological polar surface area (TPSA) is 66.5 Å². The number of rotatable bonds is 4. The van der Waals surface area contributed by atoms with Gasteiger partial charge in [0.1, 0.15) is 6.54 Å². The van der Waals surface area contributed by atoms with Gasteiger partial charge in [-0.3, -0.25) is 19.3 Å². The first-order valence-corrected chi connectivity index (χ1v) is 8.41. The van der Waals surface area contributed by atoms with Crippen LogP contribution < -0.4 is 5.32 Å². The van der Waals surface area contributed by atoms with Gasteiger partial charge in [0, 0.05) is 6.54 Å². The van der Waals surface area contributed by atoms with Crippen LogP contribution in [0.1, 0.15) is 17.5 Å². The molecule has 3 aliphatic rings. The molecule has 24 heavy (non-hydrogen) atoms. The summed E-state index contributed by atoms with van der Waals surface area (Å²) in [5.41, 5.74) is 2.13. The molecule has 1 heterocycles. The number of aryl methyl sites for hydroxylation is 1. The van der Waals surface area contributed by atoms with Gasteiger partial charge in [0.05, 0.1) is 11.8 Å². The largest absolute Gasteiger partial charge is 0.350 e. The molecule has 4 rings (SSSR count). The fourth-order valence-electron chi connectivity index (χ4n) is 4.32. The monoisotopic (exact) mass is 324 g/mol. The summed E-state index contributed by atoms with van der Waals surface area (Å²) >= 11 is 0. The number of fused-ring (bicyclic) bond motifs is 5. The third kappa shape index (κ3) is 2.27. The predicted molar refractivity (Wildman–Crippen MR) is 87.5 cm³/mol. The fourth-order valence-corrected chi connectivity index (χ4v) is 4.32. The standard InChI is InChI=1S/C19H20N2O3/c1-11-4-2-3-5-14(11)9-20-15(22)10-21-18(23)16-12-6-7-13(8-12)17(16)19(21)24/h2-7,12-13,16-17H,8-10H2,1H3,(H,20,22). The van der Waals surface area contributed by atoms with Crippen LogP contribution in [0.25, 0.3) is 0 Å². The van der Waals surface area contributed by atoms with Crippen molar-refractivity contribution in [2.75, 3.05) is 6.54 Å². The Morgan fingerprint density at radius 2 is 1.75 bits per heavy atom. The fraction of sp³-hybridized carbons (Fsp3) is 0.421. The highest BCUT2D eigenvalue weighted by Crippen LogP contribution is 2.52. The third-order valence-electron chi connectivity index (χ3n) is 5.60. The van der Waals surface area contributed by atoms with Crippen molar-refractivity contribution >= 4 is 17.7 Å². The lowest BCUT2D eigenvalue weighted by Crippen LogP contribution is -2.41. The lowest BCUT2D eigenvalue weighted by atomic mass is 9.85. The number of hydrogen-bond donors (Lipinski definition) is 1. The molecule has 0 spiro atoms. The smallest absolute Gasteiger partial charge is 0.240 e. The molecule has 1 aromatic carbocycles. The normalized spacial score (nSPS) is 30.1. The maximum Gasteiger partial charge on any atom is 0.240 e. The van der Waals surface area contributed by atoms with E-state index in [-0.39, 0.29) is 47.9 Å². The van der Waals surface area contributed by atoms with Crippen molar-refractivity contribution in [3.8, 4) is 0 Å². The Morgan fingerprint density at radius 1 is 1.12 bits per heavy atom. The number of nitrogens with zero attached hydrogens (tertiary/aromatic N) is 1. The SMILES string of the molecule is Cc1ccccc1CNC(=O)CN1C(=O)C2C3C=CC(C3)C2C1=O. The maximum absolute atomic E-state index is 12.5. The van der Waals surface area contributed by atoms with Gasteiger partial charge < -0.3 is 5.32 Å². The summed E-state index contributed by atoms with van der Waals surface area (Å²) in [4.78, 5) is 38.4. The molecule has 124 valence electrons. The van der Waals surface area contributed by atoms with Crippen molar-refractivity contribution in [1.29, 1.82) is 0 Å². The minimum Gasteiger partial charge on any atom is -0.350 e. The van der Waals surface area contributed by atoms with E-state index in [9.17, 15) is 14.4 Å². The van der Waals surface area contributed by atoms with E-state index in [4.69, 9.17) is 0 Å². The zero-order valence-corrected chi connectivity index (χ0v) is 13.6. The molecule has 5 heteroatoms. The number of carbonyl (C=O) groups is 3. The summed E-state index contributed by atoms with van der Waals surface area (Å²) in [7, 11) is 0. The van der Waals surface area contributed by atoms with Crippen LogP contribution in [0.5, 0.6) is 0 Å². The Bertz CT molecular complexity index is 725. The molecular formula is C19H20N2O3. The van der Waals surface area contributed by atoms with Crippen LogP contribution in [-0.4, -0.2) is 29.2 Å². The van der Waals surface area contributed by atoms with Crippen LogP contribution in [0.3, 0.4) is 0 Å². The van der Waals surface area contributed by atoms with Crippen molar-refractivity contribution in [1.82, 2.24) is 10.2 Å². The van der Waals surface area contributed by atoms with Crippen LogP contribution in [0.2, 0.25) is 0 Å². The van der Waals surface area contributed by atoms with Gasteiger partial charge in [-0.2, -0.15) is 0 Å². The molecule has 0 radical (unpaired) electrons. The van der Waals surface area contributed by atoms with Crippen molar-refractivity contribution in [3.63, 3.8) is 0 Å². The van der Waals surface area contributed by atoms with E-state index >= 15 is 0 Å². The number of hydrogen-bond acceptors (Lipinski definition) is 3. The van der Waals surface area contributed by atoms with Crippen molar-refractivity contribution in [3.05, 3.63) is 47.5 Å². The van der Waals surface area contributed by atoms with E-state index in [1.807, 2.05) is 31.2 Å². The summed E-state index contributed by atoms with van der Waals surface area (Å²) in [6.45, 7) is 2.22. The van der Waals surface area contributed by atoms with Crippen LogP contribution in [-0.2, 0) is 20.9 Å². The molecule has 2 bridgehead atoms. The Labute approximate surface area is 140 Å². The molecule has 1 aliphatic heterocycles. The molecule has 4 atom stereocenters. The Morgan fingerprint density at radius 3 is 2.38 bits per heavy atom. The average molecular weight is 324 g/mol. The van der Waals surface area contributed by atoms with Crippen LogP contribution >= 0.6 is 0 Å². The second-order valence-corrected chi connectivity index (χ2v) is 6.97. The number of nitrogens with one attached hydrogen (secondary N) is 1. The molecule has 1 saturated heterocycles. The van der Waals surface area contributed by atoms with Crippen LogP contribution in [0.4, 0.5) is 0 Å². The number of allylic oxidation sites excluding steroid dienone is 2. The van der Waals surface area contributed by atoms with Gasteiger partial charge in [-0.1, -0.05) is 36.4 Å². The van der Waals surface area contributed by atoms with E-state index in [0.717, 1.165) is 22.4 Å². The molecule has 0 aromatic heterocycles. The van der Waals surface area contributed by atoms with Crippen LogP contribution in [0.15, 0.2) is 36.4 Å². The van der Waals surface area contributed by atoms with E-state index in [1.165, 1.54) is 0 Å². The molecule has 1 aromatic rings. The zero-order chi connectivity index (χ0) is 16.8. The molecule has 5 nitrogen and oxygen atoms in total. The van der Waals surface area contributed by atoms with Gasteiger partial charge in [-0.05, 0) is 36.3 Å². The number of benzene rings is 1. The molecule has 1 saturated carbocycles. The quantitative estimate of drug-likeness (QED) is 0.673. The second kappa shape index (κ2) is 5.58. The minimum absolute atomic E-state index is 0.171. The summed E-state index contributed by atoms with van der Waals surface area (Å²) < 4.78 is 0. The molecular weight excluding hydrogens is 304 g/mol. The third-order valence-corrected chi connectivity index (χ3v) is 5.60. The lowest BCUT2D eigenvalue weighted by molar-refractivity contribution is -0.144. The van der Waals surface area contributed by atoms with E-state index in [0.29, 0.717) is 6.54 Å². The number of amides is 3. The first-order chi connectivity index (χ1) is 11.6. The molecule has 3 amide bonds. The van der Waals surface area contributed by atoms with Gasteiger partial charge in [0.15, 0.2) is 0 Å². The highest BCUT2D eigenvalue weighted by molar-refractivity contribution is 6.08. The summed E-state index contributed by atoms with van der Waals surface area (Å²) in [5.74, 6) is -0.762. The van der Waals surface area contributed by atoms with Crippen molar-refractivity contribution in [2.24, 2.45) is 23.7 Å². The van der Waals surface area contributed by atoms with Gasteiger partial charge in [0.2, 0.25) is 17.7 Å². The predicted octanol–water partition coefficient (Wildman–Crippen LogP) is 1.42. The van der Waals surface area contributed by atoms with Gasteiger partial charge in [-0.15, -0.1) is 0 Å². The van der Waals surface area contributed by atoms with E-state index in [1.54, 1.807) is 0 Å². The Balaban J connectivity index is 1.39. The van der Waals surface area contributed by atoms with Crippen LogP contribution in [0, 0.1) is 30.6 Å².